The second kappa shape index (κ2) is 11.2. The number of nitrogens with zero attached hydrogens (tertiary/aromatic N) is 7. The zero-order valence-electron chi connectivity index (χ0n) is 21.1. The topological polar surface area (TPSA) is 90.4 Å². The Kier molecular flexibility index (Phi) is 7.36. The van der Waals surface area contributed by atoms with Crippen LogP contribution in [0.5, 0.6) is 0 Å². The van der Waals surface area contributed by atoms with Crippen LogP contribution in [0.15, 0.2) is 55.1 Å². The number of nitrogens with one attached hydrogen (secondary N) is 1. The Morgan fingerprint density at radius 2 is 1.92 bits per heavy atom. The minimum atomic E-state index is -0.470. The smallest absolute Gasteiger partial charge is 0.246 e. The third-order valence-corrected chi connectivity index (χ3v) is 8.38. The predicted octanol–water partition coefficient (Wildman–Crippen LogP) is 4.28. The lowest BCUT2D eigenvalue weighted by Crippen LogP contribution is -2.47. The van der Waals surface area contributed by atoms with Crippen molar-refractivity contribution in [2.75, 3.05) is 49.5 Å². The van der Waals surface area contributed by atoms with Crippen molar-refractivity contribution in [3.63, 3.8) is 0 Å². The normalized spacial score (nSPS) is 16.2. The molecule has 2 aliphatic rings. The Bertz CT molecular complexity index is 1520. The number of hydrogen-bond donors (Lipinski definition) is 1. The van der Waals surface area contributed by atoms with Gasteiger partial charge in [-0.25, -0.2) is 24.3 Å². The average Bonchev–Trinajstić information content (AvgIpc) is 3.35. The van der Waals surface area contributed by atoms with E-state index < -0.39 is 5.82 Å². The van der Waals surface area contributed by atoms with Gasteiger partial charge >= 0.3 is 0 Å². The third-order valence-electron chi connectivity index (χ3n) is 6.96. The molecule has 0 spiro atoms. The highest BCUT2D eigenvalue weighted by molar-refractivity contribution is 7.19. The summed E-state index contributed by atoms with van der Waals surface area (Å²) in [6, 6.07) is 6.30. The molecule has 12 heteroatoms. The lowest BCUT2D eigenvalue weighted by atomic mass is 10.0. The SMILES string of the molecule is O=C(C=CCN1CCN(c2ncccn2)CC1)N1CCc2c(sc3ncnc(Nc4ccc(F)c(Cl)c4)c23)C1. The van der Waals surface area contributed by atoms with E-state index in [0.717, 1.165) is 59.3 Å². The zero-order valence-corrected chi connectivity index (χ0v) is 22.6. The summed E-state index contributed by atoms with van der Waals surface area (Å²) in [5, 5.41) is 4.24. The zero-order chi connectivity index (χ0) is 26.8. The van der Waals surface area contributed by atoms with Gasteiger partial charge in [0.1, 0.15) is 22.8 Å². The summed E-state index contributed by atoms with van der Waals surface area (Å²) >= 11 is 7.53. The molecule has 6 rings (SSSR count). The number of carbonyl (C=O) groups is 1. The largest absolute Gasteiger partial charge is 0.340 e. The first-order valence-electron chi connectivity index (χ1n) is 12.7. The summed E-state index contributed by atoms with van der Waals surface area (Å²) in [5.74, 6) is 0.961. The number of piperazine rings is 1. The van der Waals surface area contributed by atoms with Gasteiger partial charge < -0.3 is 15.1 Å². The number of halogens is 2. The molecule has 0 aliphatic carbocycles. The molecule has 200 valence electrons. The summed E-state index contributed by atoms with van der Waals surface area (Å²) in [7, 11) is 0. The van der Waals surface area contributed by atoms with Crippen molar-refractivity contribution in [1.82, 2.24) is 29.7 Å². The van der Waals surface area contributed by atoms with Crippen molar-refractivity contribution in [1.29, 1.82) is 0 Å². The molecule has 1 N–H and O–H groups in total. The molecular formula is C27H26ClFN8OS. The van der Waals surface area contributed by atoms with Crippen LogP contribution in [0.1, 0.15) is 10.4 Å². The minimum Gasteiger partial charge on any atom is -0.340 e. The van der Waals surface area contributed by atoms with E-state index in [4.69, 9.17) is 11.6 Å². The van der Waals surface area contributed by atoms with Crippen LogP contribution >= 0.6 is 22.9 Å². The van der Waals surface area contributed by atoms with E-state index in [-0.39, 0.29) is 10.9 Å². The van der Waals surface area contributed by atoms with E-state index in [0.29, 0.717) is 31.0 Å². The molecule has 1 fully saturated rings. The Labute approximate surface area is 234 Å². The standard InChI is InChI=1S/C27H26ClFN8OS/c28-20-15-18(4-5-21(20)29)34-25-24-19-6-10-37(16-22(19)39-26(24)33-17-32-25)23(38)3-1-9-35-11-13-36(14-12-35)27-30-7-2-8-31-27/h1-5,7-8,15,17H,6,9-14,16H2,(H,32,33,34). The van der Waals surface area contributed by atoms with Crippen LogP contribution < -0.4 is 10.2 Å². The minimum absolute atomic E-state index is 0.0137. The van der Waals surface area contributed by atoms with Gasteiger partial charge in [0.25, 0.3) is 0 Å². The monoisotopic (exact) mass is 564 g/mol. The molecular weight excluding hydrogens is 539 g/mol. The Morgan fingerprint density at radius 3 is 2.72 bits per heavy atom. The van der Waals surface area contributed by atoms with Crippen LogP contribution in [0.25, 0.3) is 10.2 Å². The summed E-state index contributed by atoms with van der Waals surface area (Å²) in [5.41, 5.74) is 1.80. The first-order chi connectivity index (χ1) is 19.0. The highest BCUT2D eigenvalue weighted by Gasteiger charge is 2.26. The van der Waals surface area contributed by atoms with Crippen LogP contribution in [0, 0.1) is 5.82 Å². The van der Waals surface area contributed by atoms with E-state index in [1.807, 2.05) is 17.0 Å². The Balaban J connectivity index is 1.07. The van der Waals surface area contributed by atoms with E-state index >= 15 is 0 Å². The van der Waals surface area contributed by atoms with E-state index in [1.54, 1.807) is 35.9 Å². The Hall–Kier alpha value is -3.67. The van der Waals surface area contributed by atoms with Crippen molar-refractivity contribution in [3.8, 4) is 0 Å². The highest BCUT2D eigenvalue weighted by Crippen LogP contribution is 2.38. The predicted molar refractivity (Wildman–Crippen MR) is 151 cm³/mol. The van der Waals surface area contributed by atoms with Crippen LogP contribution in [0.2, 0.25) is 5.02 Å². The maximum Gasteiger partial charge on any atom is 0.246 e. The van der Waals surface area contributed by atoms with Crippen molar-refractivity contribution < 1.29 is 9.18 Å². The second-order valence-electron chi connectivity index (χ2n) is 9.41. The van der Waals surface area contributed by atoms with Gasteiger partial charge in [-0.2, -0.15) is 0 Å². The van der Waals surface area contributed by atoms with E-state index in [1.165, 1.54) is 18.5 Å². The molecule has 1 amide bonds. The molecule has 1 aromatic carbocycles. The fourth-order valence-electron chi connectivity index (χ4n) is 4.91. The number of amides is 1. The van der Waals surface area contributed by atoms with Gasteiger partial charge in [-0.05, 0) is 36.2 Å². The van der Waals surface area contributed by atoms with Gasteiger partial charge in [-0.15, -0.1) is 11.3 Å². The number of benzene rings is 1. The molecule has 39 heavy (non-hydrogen) atoms. The molecule has 4 aromatic rings. The third kappa shape index (κ3) is 5.56. The van der Waals surface area contributed by atoms with E-state index in [2.05, 4.69) is 35.1 Å². The van der Waals surface area contributed by atoms with Crippen LogP contribution in [-0.2, 0) is 17.8 Å². The van der Waals surface area contributed by atoms with Gasteiger partial charge in [-0.3, -0.25) is 9.69 Å². The van der Waals surface area contributed by atoms with Gasteiger partial charge in [0.15, 0.2) is 0 Å². The van der Waals surface area contributed by atoms with Gasteiger partial charge in [-0.1, -0.05) is 17.7 Å². The average molecular weight is 565 g/mol. The highest BCUT2D eigenvalue weighted by atomic mass is 35.5. The maximum atomic E-state index is 13.6. The Morgan fingerprint density at radius 1 is 1.10 bits per heavy atom. The first-order valence-corrected chi connectivity index (χ1v) is 13.9. The van der Waals surface area contributed by atoms with Crippen molar-refractivity contribution in [2.24, 2.45) is 0 Å². The molecule has 3 aromatic heterocycles. The molecule has 0 radical (unpaired) electrons. The number of fused-ring (bicyclic) bond motifs is 3. The van der Waals surface area contributed by atoms with E-state index in [9.17, 15) is 9.18 Å². The number of hydrogen-bond acceptors (Lipinski definition) is 9. The first kappa shape index (κ1) is 25.6. The van der Waals surface area contributed by atoms with Crippen molar-refractivity contribution in [2.45, 2.75) is 13.0 Å². The maximum absolute atomic E-state index is 13.6. The summed E-state index contributed by atoms with van der Waals surface area (Å²) in [4.78, 5) is 38.9. The number of thiophene rings is 1. The summed E-state index contributed by atoms with van der Waals surface area (Å²) in [6.45, 7) is 5.41. The fourth-order valence-corrected chi connectivity index (χ4v) is 6.30. The van der Waals surface area contributed by atoms with Gasteiger partial charge in [0, 0.05) is 68.3 Å². The molecule has 5 heterocycles. The second-order valence-corrected chi connectivity index (χ2v) is 10.9. The fraction of sp³-hybridized carbons (Fsp3) is 0.296. The molecule has 9 nitrogen and oxygen atoms in total. The number of anilines is 3. The molecule has 0 unspecified atom stereocenters. The number of carbonyl (C=O) groups excluding carboxylic acids is 1. The summed E-state index contributed by atoms with van der Waals surface area (Å²) < 4.78 is 13.6. The quantitative estimate of drug-likeness (QED) is 0.347. The molecule has 0 bridgehead atoms. The molecule has 0 saturated carbocycles. The summed E-state index contributed by atoms with van der Waals surface area (Å²) in [6.07, 6.45) is 9.40. The lowest BCUT2D eigenvalue weighted by Gasteiger charge is -2.34. The number of aromatic nitrogens is 4. The van der Waals surface area contributed by atoms with Crippen LogP contribution in [0.4, 0.5) is 21.8 Å². The van der Waals surface area contributed by atoms with Crippen LogP contribution in [-0.4, -0.2) is 74.9 Å². The van der Waals surface area contributed by atoms with Crippen molar-refractivity contribution in [3.05, 3.63) is 76.4 Å². The van der Waals surface area contributed by atoms with Crippen LogP contribution in [0.3, 0.4) is 0 Å². The lowest BCUT2D eigenvalue weighted by molar-refractivity contribution is -0.126. The molecule has 1 saturated heterocycles. The van der Waals surface area contributed by atoms with Crippen molar-refractivity contribution >= 4 is 56.5 Å². The molecule has 2 aliphatic heterocycles. The van der Waals surface area contributed by atoms with Gasteiger partial charge in [0.05, 0.1) is 17.0 Å². The number of rotatable bonds is 6. The van der Waals surface area contributed by atoms with Gasteiger partial charge in [0.2, 0.25) is 11.9 Å². The molecule has 0 atom stereocenters.